The van der Waals surface area contributed by atoms with Crippen LogP contribution in [0.4, 0.5) is 5.69 Å². The fourth-order valence-electron chi connectivity index (χ4n) is 2.53. The Balaban J connectivity index is 1.78. The first-order valence-corrected chi connectivity index (χ1v) is 7.85. The lowest BCUT2D eigenvalue weighted by molar-refractivity contribution is 0.0977. The molecule has 1 amide bonds. The second kappa shape index (κ2) is 6.68. The van der Waals surface area contributed by atoms with Gasteiger partial charge in [0.15, 0.2) is 5.11 Å². The third-order valence-corrected chi connectivity index (χ3v) is 3.93. The first-order valence-electron chi connectivity index (χ1n) is 7.44. The summed E-state index contributed by atoms with van der Waals surface area (Å²) >= 11 is 5.25. The van der Waals surface area contributed by atoms with Crippen LogP contribution in [0.3, 0.4) is 0 Å². The van der Waals surface area contributed by atoms with Crippen molar-refractivity contribution in [2.24, 2.45) is 0 Å². The predicted octanol–water partition coefficient (Wildman–Crippen LogP) is 3.98. The highest BCUT2D eigenvalue weighted by Gasteiger charge is 2.11. The van der Waals surface area contributed by atoms with Crippen molar-refractivity contribution in [3.63, 3.8) is 0 Å². The van der Waals surface area contributed by atoms with Crippen molar-refractivity contribution < 1.29 is 9.90 Å². The summed E-state index contributed by atoms with van der Waals surface area (Å²) < 4.78 is 0. The first-order chi connectivity index (χ1) is 11.5. The molecule has 0 aliphatic heterocycles. The molecular formula is C19H16N2O2S. The van der Waals surface area contributed by atoms with Gasteiger partial charge < -0.3 is 10.4 Å². The maximum atomic E-state index is 12.3. The van der Waals surface area contributed by atoms with E-state index in [9.17, 15) is 9.90 Å². The Morgan fingerprint density at radius 3 is 2.62 bits per heavy atom. The third-order valence-electron chi connectivity index (χ3n) is 3.73. The van der Waals surface area contributed by atoms with Crippen LogP contribution in [0.2, 0.25) is 0 Å². The predicted molar refractivity (Wildman–Crippen MR) is 100 cm³/mol. The summed E-state index contributed by atoms with van der Waals surface area (Å²) in [6.07, 6.45) is 0. The molecule has 0 spiro atoms. The number of phenols is 1. The van der Waals surface area contributed by atoms with Crippen molar-refractivity contribution in [1.29, 1.82) is 0 Å². The Morgan fingerprint density at radius 1 is 1.04 bits per heavy atom. The molecule has 0 aromatic heterocycles. The van der Waals surface area contributed by atoms with Crippen LogP contribution < -0.4 is 10.6 Å². The van der Waals surface area contributed by atoms with Crippen molar-refractivity contribution >= 4 is 39.7 Å². The van der Waals surface area contributed by atoms with Gasteiger partial charge in [-0.1, -0.05) is 30.3 Å². The smallest absolute Gasteiger partial charge is 0.257 e. The number of rotatable bonds is 2. The van der Waals surface area contributed by atoms with Crippen molar-refractivity contribution in [3.05, 3.63) is 71.8 Å². The Kier molecular flexibility index (Phi) is 4.44. The molecule has 3 aromatic carbocycles. The van der Waals surface area contributed by atoms with Gasteiger partial charge in [0.25, 0.3) is 5.91 Å². The number of benzene rings is 3. The van der Waals surface area contributed by atoms with Crippen LogP contribution in [0.1, 0.15) is 15.9 Å². The number of thiocarbonyl (C=S) groups is 1. The molecule has 120 valence electrons. The summed E-state index contributed by atoms with van der Waals surface area (Å²) in [4.78, 5) is 12.3. The fourth-order valence-corrected chi connectivity index (χ4v) is 2.73. The van der Waals surface area contributed by atoms with E-state index >= 15 is 0 Å². The highest BCUT2D eigenvalue weighted by molar-refractivity contribution is 7.80. The van der Waals surface area contributed by atoms with Crippen LogP contribution in [0, 0.1) is 6.92 Å². The van der Waals surface area contributed by atoms with E-state index in [4.69, 9.17) is 12.2 Å². The molecule has 3 rings (SSSR count). The number of aromatic hydroxyl groups is 1. The highest BCUT2D eigenvalue weighted by Crippen LogP contribution is 2.26. The van der Waals surface area contributed by atoms with Gasteiger partial charge in [0.2, 0.25) is 0 Å². The summed E-state index contributed by atoms with van der Waals surface area (Å²) in [5.41, 5.74) is 2.24. The molecule has 0 unspecified atom stereocenters. The van der Waals surface area contributed by atoms with Gasteiger partial charge in [0, 0.05) is 16.6 Å². The van der Waals surface area contributed by atoms with Gasteiger partial charge in [-0.25, -0.2) is 0 Å². The Morgan fingerprint density at radius 2 is 1.83 bits per heavy atom. The Hall–Kier alpha value is -2.92. The van der Waals surface area contributed by atoms with Crippen molar-refractivity contribution in [1.82, 2.24) is 5.32 Å². The molecule has 3 aromatic rings. The van der Waals surface area contributed by atoms with Gasteiger partial charge >= 0.3 is 0 Å². The molecule has 3 N–H and O–H groups in total. The zero-order chi connectivity index (χ0) is 17.1. The van der Waals surface area contributed by atoms with E-state index in [-0.39, 0.29) is 16.8 Å². The topological polar surface area (TPSA) is 61.4 Å². The lowest BCUT2D eigenvalue weighted by atomic mass is 10.1. The average molecular weight is 336 g/mol. The lowest BCUT2D eigenvalue weighted by Crippen LogP contribution is -2.34. The second-order valence-electron chi connectivity index (χ2n) is 5.43. The maximum Gasteiger partial charge on any atom is 0.257 e. The third kappa shape index (κ3) is 3.36. The number of phenolic OH excluding ortho intramolecular Hbond substituents is 1. The van der Waals surface area contributed by atoms with Gasteiger partial charge in [-0.05, 0) is 60.4 Å². The van der Waals surface area contributed by atoms with Crippen LogP contribution in [0.25, 0.3) is 10.8 Å². The molecule has 0 atom stereocenters. The molecule has 0 fully saturated rings. The lowest BCUT2D eigenvalue weighted by Gasteiger charge is -2.12. The maximum absolute atomic E-state index is 12.3. The molecule has 4 nitrogen and oxygen atoms in total. The molecule has 0 aliphatic rings. The number of aryl methyl sites for hydroxylation is 1. The van der Waals surface area contributed by atoms with Crippen LogP contribution in [0.5, 0.6) is 5.75 Å². The molecule has 5 heteroatoms. The minimum atomic E-state index is -0.247. The van der Waals surface area contributed by atoms with Gasteiger partial charge in [-0.3, -0.25) is 10.1 Å². The molecule has 0 heterocycles. The number of fused-ring (bicyclic) bond motifs is 1. The van der Waals surface area contributed by atoms with E-state index < -0.39 is 0 Å². The van der Waals surface area contributed by atoms with Gasteiger partial charge in [-0.15, -0.1) is 0 Å². The Bertz CT molecular complexity index is 938. The largest absolute Gasteiger partial charge is 0.508 e. The molecule has 0 saturated heterocycles. The van der Waals surface area contributed by atoms with E-state index in [2.05, 4.69) is 10.6 Å². The summed E-state index contributed by atoms with van der Waals surface area (Å²) in [5.74, 6) is -0.0430. The van der Waals surface area contributed by atoms with Crippen molar-refractivity contribution in [2.75, 3.05) is 5.32 Å². The zero-order valence-electron chi connectivity index (χ0n) is 13.0. The molecule has 0 bridgehead atoms. The number of hydrogen-bond acceptors (Lipinski definition) is 3. The van der Waals surface area contributed by atoms with Crippen molar-refractivity contribution in [3.8, 4) is 5.75 Å². The van der Waals surface area contributed by atoms with Crippen molar-refractivity contribution in [2.45, 2.75) is 6.92 Å². The molecule has 0 radical (unpaired) electrons. The van der Waals surface area contributed by atoms with Gasteiger partial charge in [0.05, 0.1) is 0 Å². The molecular weight excluding hydrogens is 320 g/mol. The van der Waals surface area contributed by atoms with Crippen LogP contribution >= 0.6 is 12.2 Å². The molecule has 0 aliphatic carbocycles. The van der Waals surface area contributed by atoms with E-state index in [1.165, 1.54) is 0 Å². The monoisotopic (exact) mass is 336 g/mol. The van der Waals surface area contributed by atoms with Crippen LogP contribution in [-0.2, 0) is 0 Å². The molecule has 24 heavy (non-hydrogen) atoms. The number of nitrogens with one attached hydrogen (secondary N) is 2. The van der Waals surface area contributed by atoms with Gasteiger partial charge in [-0.2, -0.15) is 0 Å². The van der Waals surface area contributed by atoms with E-state index in [1.54, 1.807) is 24.3 Å². The molecule has 0 saturated carbocycles. The number of hydrogen-bond donors (Lipinski definition) is 3. The normalized spacial score (nSPS) is 10.4. The Labute approximate surface area is 145 Å². The van der Waals surface area contributed by atoms with E-state index in [0.717, 1.165) is 22.0 Å². The van der Waals surface area contributed by atoms with E-state index in [0.29, 0.717) is 5.56 Å². The average Bonchev–Trinajstić information content (AvgIpc) is 2.55. The zero-order valence-corrected chi connectivity index (χ0v) is 13.9. The van der Waals surface area contributed by atoms with E-state index in [1.807, 2.05) is 43.3 Å². The number of anilines is 1. The summed E-state index contributed by atoms with van der Waals surface area (Å²) in [5, 5.41) is 17.3. The highest BCUT2D eigenvalue weighted by atomic mass is 32.1. The summed E-state index contributed by atoms with van der Waals surface area (Å²) in [6.45, 7) is 1.88. The second-order valence-corrected chi connectivity index (χ2v) is 5.84. The van der Waals surface area contributed by atoms with Crippen LogP contribution in [-0.4, -0.2) is 16.1 Å². The summed E-state index contributed by atoms with van der Waals surface area (Å²) in [7, 11) is 0. The standard InChI is InChI=1S/C19H16N2O2S/c1-12-5-2-3-7-15(12)18(23)21-19(24)20-17-8-4-6-13-11-14(22)9-10-16(13)17/h2-11,22H,1H3,(H2,20,21,23,24). The summed E-state index contributed by atoms with van der Waals surface area (Å²) in [6, 6.07) is 18.0. The quantitative estimate of drug-likeness (QED) is 0.620. The number of carbonyl (C=O) groups is 1. The number of amides is 1. The SMILES string of the molecule is Cc1ccccc1C(=O)NC(=S)Nc1cccc2cc(O)ccc12. The minimum absolute atomic E-state index is 0.204. The first kappa shape index (κ1) is 16.0. The van der Waals surface area contributed by atoms with Gasteiger partial charge in [0.1, 0.15) is 5.75 Å². The minimum Gasteiger partial charge on any atom is -0.508 e. The fraction of sp³-hybridized carbons (Fsp3) is 0.0526. The number of carbonyl (C=O) groups excluding carboxylic acids is 1. The van der Waals surface area contributed by atoms with Crippen LogP contribution in [0.15, 0.2) is 60.7 Å².